The predicted molar refractivity (Wildman–Crippen MR) is 194 cm³/mol. The van der Waals surface area contributed by atoms with E-state index in [0.29, 0.717) is 52.9 Å². The number of piperidine rings is 2. The minimum Gasteiger partial charge on any atom is -0.490 e. The van der Waals surface area contributed by atoms with Crippen LogP contribution in [0.25, 0.3) is 0 Å². The number of hydrogen-bond donors (Lipinski definition) is 2. The van der Waals surface area contributed by atoms with Crippen molar-refractivity contribution in [3.63, 3.8) is 0 Å². The first-order valence-electron chi connectivity index (χ1n) is 18.0. The monoisotopic (exact) mass is 720 g/mol. The molecule has 4 amide bonds. The van der Waals surface area contributed by atoms with E-state index in [9.17, 15) is 19.2 Å². The average molecular weight is 721 g/mol. The molecule has 268 valence electrons. The first kappa shape index (κ1) is 34.2. The normalized spacial score (nSPS) is 24.1. The van der Waals surface area contributed by atoms with Crippen LogP contribution in [0.1, 0.15) is 88.9 Å². The number of benzene rings is 3. The fourth-order valence-electron chi connectivity index (χ4n) is 8.47. The van der Waals surface area contributed by atoms with Gasteiger partial charge < -0.3 is 19.9 Å². The summed E-state index contributed by atoms with van der Waals surface area (Å²) >= 11 is 6.18. The van der Waals surface area contributed by atoms with E-state index in [1.54, 1.807) is 23.1 Å². The van der Waals surface area contributed by atoms with E-state index in [0.717, 1.165) is 50.3 Å². The third-order valence-corrected chi connectivity index (χ3v) is 12.2. The second kappa shape index (κ2) is 13.2. The van der Waals surface area contributed by atoms with Gasteiger partial charge in [-0.05, 0) is 78.4 Å². The van der Waals surface area contributed by atoms with Gasteiger partial charge >= 0.3 is 0 Å². The molecule has 5 aliphatic rings. The standard InChI is InChI=1S/C40H41ClN6O5/c1-40(2)34(18-35(40)52-30-8-5-24(19-42)32(41)17-30)43-37(49)23-3-6-28(7-4-23)45-13-11-29(12-14-45)46-20-25-15-27-22-47(33-9-10-36(48)44-38(33)50)39(51)31(27)16-26(25)21-46/h3-8,15-17,29,33-35H,9-14,18,20-22H2,1-2H3,(H,43,49)(H,44,48,50)/t33?,34-,35-/m0/s1. The molecule has 3 aromatic rings. The number of carbonyl (C=O) groups excluding carboxylic acids is 4. The summed E-state index contributed by atoms with van der Waals surface area (Å²) in [6.07, 6.45) is 3.24. The summed E-state index contributed by atoms with van der Waals surface area (Å²) in [6, 6.07) is 18.9. The summed E-state index contributed by atoms with van der Waals surface area (Å²) in [7, 11) is 0. The maximum absolute atomic E-state index is 13.3. The fourth-order valence-corrected chi connectivity index (χ4v) is 8.68. The van der Waals surface area contributed by atoms with Gasteiger partial charge in [-0.1, -0.05) is 31.5 Å². The maximum Gasteiger partial charge on any atom is 0.255 e. The Kier molecular flexibility index (Phi) is 8.71. The van der Waals surface area contributed by atoms with Crippen molar-refractivity contribution in [2.45, 2.75) is 89.8 Å². The van der Waals surface area contributed by atoms with E-state index in [2.05, 4.69) is 46.4 Å². The van der Waals surface area contributed by atoms with Crippen LogP contribution in [0.2, 0.25) is 5.02 Å². The Bertz CT molecular complexity index is 2020. The smallest absolute Gasteiger partial charge is 0.255 e. The van der Waals surface area contributed by atoms with E-state index < -0.39 is 6.04 Å². The summed E-state index contributed by atoms with van der Waals surface area (Å²) in [4.78, 5) is 57.1. The topological polar surface area (TPSA) is 135 Å². The van der Waals surface area contributed by atoms with Crippen LogP contribution in [-0.4, -0.2) is 70.7 Å². The van der Waals surface area contributed by atoms with Crippen LogP contribution in [0.3, 0.4) is 0 Å². The van der Waals surface area contributed by atoms with E-state index in [1.807, 2.05) is 30.3 Å². The number of carbonyl (C=O) groups is 4. The number of imide groups is 1. The van der Waals surface area contributed by atoms with E-state index in [1.165, 1.54) is 11.1 Å². The minimum atomic E-state index is -0.597. The molecule has 2 saturated heterocycles. The van der Waals surface area contributed by atoms with Gasteiger partial charge in [0, 0.05) is 85.9 Å². The van der Waals surface area contributed by atoms with Crippen LogP contribution in [0, 0.1) is 16.7 Å². The lowest BCUT2D eigenvalue weighted by Crippen LogP contribution is -2.63. The summed E-state index contributed by atoms with van der Waals surface area (Å²) < 4.78 is 6.16. The largest absolute Gasteiger partial charge is 0.490 e. The lowest BCUT2D eigenvalue weighted by Gasteiger charge is -2.51. The Morgan fingerprint density at radius 3 is 2.37 bits per heavy atom. The summed E-state index contributed by atoms with van der Waals surface area (Å²) in [6.45, 7) is 8.04. The number of ether oxygens (including phenoxy) is 1. The van der Waals surface area contributed by atoms with Crippen LogP contribution < -0.4 is 20.3 Å². The third-order valence-electron chi connectivity index (χ3n) is 11.9. The molecule has 3 atom stereocenters. The average Bonchev–Trinajstić information content (AvgIpc) is 3.70. The van der Waals surface area contributed by atoms with Crippen LogP contribution in [0.5, 0.6) is 5.75 Å². The molecule has 8 rings (SSSR count). The van der Waals surface area contributed by atoms with Crippen molar-refractivity contribution in [2.24, 2.45) is 5.41 Å². The van der Waals surface area contributed by atoms with Gasteiger partial charge in [0.2, 0.25) is 11.8 Å². The Morgan fingerprint density at radius 1 is 0.962 bits per heavy atom. The molecule has 0 radical (unpaired) electrons. The summed E-state index contributed by atoms with van der Waals surface area (Å²) in [5.41, 5.74) is 5.92. The molecular formula is C40H41ClN6O5. The second-order valence-electron chi connectivity index (χ2n) is 15.3. The molecule has 3 fully saturated rings. The van der Waals surface area contributed by atoms with E-state index >= 15 is 0 Å². The van der Waals surface area contributed by atoms with Crippen molar-refractivity contribution >= 4 is 40.9 Å². The zero-order valence-corrected chi connectivity index (χ0v) is 30.0. The van der Waals surface area contributed by atoms with Gasteiger partial charge in [0.1, 0.15) is 24.0 Å². The highest BCUT2D eigenvalue weighted by molar-refractivity contribution is 6.31. The summed E-state index contributed by atoms with van der Waals surface area (Å²) in [5.74, 6) is -0.281. The molecule has 1 aliphatic carbocycles. The highest BCUT2D eigenvalue weighted by Crippen LogP contribution is 2.44. The van der Waals surface area contributed by atoms with Crippen molar-refractivity contribution in [1.82, 2.24) is 20.4 Å². The molecule has 0 spiro atoms. The van der Waals surface area contributed by atoms with Gasteiger partial charge in [0.05, 0.1) is 10.6 Å². The molecule has 3 aromatic carbocycles. The SMILES string of the molecule is CC1(C)[C@@H](NC(=O)c2ccc(N3CCC(N4Cc5cc6c(cc5C4)C(=O)N(C4CCC(=O)NC4=O)C6)CC3)cc2)C[C@@H]1Oc1ccc(C#N)c(Cl)c1. The van der Waals surface area contributed by atoms with Gasteiger partial charge in [0.15, 0.2) is 0 Å². The van der Waals surface area contributed by atoms with Gasteiger partial charge in [-0.2, -0.15) is 5.26 Å². The number of halogens is 1. The molecule has 4 heterocycles. The molecule has 0 aromatic heterocycles. The van der Waals surface area contributed by atoms with Crippen LogP contribution in [0.15, 0.2) is 54.6 Å². The molecule has 1 saturated carbocycles. The van der Waals surface area contributed by atoms with Crippen molar-refractivity contribution in [3.8, 4) is 11.8 Å². The Labute approximate surface area is 307 Å². The molecule has 4 aliphatic heterocycles. The number of nitrogens with one attached hydrogen (secondary N) is 2. The van der Waals surface area contributed by atoms with Gasteiger partial charge in [-0.15, -0.1) is 0 Å². The molecule has 11 nitrogen and oxygen atoms in total. The number of nitriles is 1. The maximum atomic E-state index is 13.3. The zero-order valence-electron chi connectivity index (χ0n) is 29.3. The molecular weight excluding hydrogens is 680 g/mol. The molecule has 0 bridgehead atoms. The zero-order chi connectivity index (χ0) is 36.3. The first-order valence-corrected chi connectivity index (χ1v) is 18.4. The van der Waals surface area contributed by atoms with Crippen molar-refractivity contribution in [3.05, 3.63) is 93.0 Å². The highest BCUT2D eigenvalue weighted by Gasteiger charge is 2.51. The van der Waals surface area contributed by atoms with Gasteiger partial charge in [-0.25, -0.2) is 0 Å². The molecule has 2 N–H and O–H groups in total. The number of anilines is 1. The number of hydrogen-bond acceptors (Lipinski definition) is 8. The third kappa shape index (κ3) is 6.18. The van der Waals surface area contributed by atoms with E-state index in [4.69, 9.17) is 21.6 Å². The number of fused-ring (bicyclic) bond motifs is 2. The fraction of sp³-hybridized carbons (Fsp3) is 0.425. The quantitative estimate of drug-likeness (QED) is 0.328. The van der Waals surface area contributed by atoms with Gasteiger partial charge in [-0.3, -0.25) is 29.4 Å². The lowest BCUT2D eigenvalue weighted by atomic mass is 9.64. The van der Waals surface area contributed by atoms with Gasteiger partial charge in [0.25, 0.3) is 11.8 Å². The Morgan fingerprint density at radius 2 is 1.69 bits per heavy atom. The van der Waals surface area contributed by atoms with Crippen molar-refractivity contribution in [2.75, 3.05) is 18.0 Å². The van der Waals surface area contributed by atoms with Crippen LogP contribution in [0.4, 0.5) is 5.69 Å². The first-order chi connectivity index (χ1) is 25.0. The molecule has 12 heteroatoms. The highest BCUT2D eigenvalue weighted by atomic mass is 35.5. The molecule has 52 heavy (non-hydrogen) atoms. The van der Waals surface area contributed by atoms with Crippen molar-refractivity contribution in [1.29, 1.82) is 5.26 Å². The predicted octanol–water partition coefficient (Wildman–Crippen LogP) is 4.93. The van der Waals surface area contributed by atoms with Crippen molar-refractivity contribution < 1.29 is 23.9 Å². The van der Waals surface area contributed by atoms with Crippen LogP contribution in [-0.2, 0) is 29.2 Å². The second-order valence-corrected chi connectivity index (χ2v) is 15.7. The molecule has 1 unspecified atom stereocenters. The van der Waals surface area contributed by atoms with E-state index in [-0.39, 0.29) is 47.6 Å². The Hall–Kier alpha value is -4.92. The summed E-state index contributed by atoms with van der Waals surface area (Å²) in [5, 5.41) is 15.1. The minimum absolute atomic E-state index is 0.0386. The Balaban J connectivity index is 0.815. The number of amides is 4. The number of rotatable bonds is 7. The number of nitrogens with zero attached hydrogens (tertiary/aromatic N) is 4. The lowest BCUT2D eigenvalue weighted by molar-refractivity contribution is -0.136. The van der Waals surface area contributed by atoms with Crippen LogP contribution >= 0.6 is 11.6 Å².